The molecule has 0 unspecified atom stereocenters. The van der Waals surface area contributed by atoms with Gasteiger partial charge in [0.05, 0.1) is 25.7 Å². The average Bonchev–Trinajstić information content (AvgIpc) is 3.05. The Kier molecular flexibility index (Phi) is 13.1. The lowest BCUT2D eigenvalue weighted by molar-refractivity contribution is -0.220. The maximum atomic E-state index is 13.0. The van der Waals surface area contributed by atoms with Crippen LogP contribution in [0.4, 0.5) is 0 Å². The average molecular weight is 717 g/mol. The zero-order valence-electron chi connectivity index (χ0n) is 26.4. The van der Waals surface area contributed by atoms with E-state index in [1.165, 1.54) is 12.1 Å². The summed E-state index contributed by atoms with van der Waals surface area (Å²) in [5, 5.41) is 66.7. The third-order valence-electron chi connectivity index (χ3n) is 7.21. The standard InChI is InChI=1S/C33H32O18/c34-19-5-1-17(13-21(19)36)3-9-27(42)48-23-15-33(32(46)47,51-30(45)10-4-18-2-6-20(35)22(37)14-18)16-24(49-28(43)11-7-25(38)39)31(23)50-29(44)12-8-26(40)41/h1-6,9-10,13-14,23-24,31,34-37H,7-8,11-12,15-16H2,(H,38,39)(H,40,41)(H,46,47)/b9-3+,10-4+/t23-,24-,31+,33-/m1/s1. The van der Waals surface area contributed by atoms with E-state index in [1.54, 1.807) is 0 Å². The second-order valence-corrected chi connectivity index (χ2v) is 11.0. The van der Waals surface area contributed by atoms with Crippen LogP contribution in [0.1, 0.15) is 49.7 Å². The van der Waals surface area contributed by atoms with Crippen LogP contribution in [0, 0.1) is 0 Å². The lowest BCUT2D eigenvalue weighted by atomic mass is 9.78. The number of aromatic hydroxyl groups is 4. The Hall–Kier alpha value is -6.59. The maximum Gasteiger partial charge on any atom is 0.348 e. The largest absolute Gasteiger partial charge is 0.504 e. The Balaban J connectivity index is 2.01. The smallest absolute Gasteiger partial charge is 0.348 e. The normalized spacial score (nSPS) is 20.0. The number of phenols is 4. The highest BCUT2D eigenvalue weighted by Gasteiger charge is 2.57. The van der Waals surface area contributed by atoms with E-state index in [1.807, 2.05) is 0 Å². The molecule has 1 aliphatic rings. The minimum Gasteiger partial charge on any atom is -0.504 e. The fraction of sp³-hybridized carbons (Fsp3) is 0.303. The van der Waals surface area contributed by atoms with Crippen molar-refractivity contribution in [2.45, 2.75) is 62.4 Å². The van der Waals surface area contributed by atoms with Crippen molar-refractivity contribution in [2.24, 2.45) is 0 Å². The molecule has 0 spiro atoms. The van der Waals surface area contributed by atoms with Gasteiger partial charge in [-0.1, -0.05) is 12.1 Å². The van der Waals surface area contributed by atoms with Gasteiger partial charge >= 0.3 is 41.8 Å². The highest BCUT2D eigenvalue weighted by molar-refractivity contribution is 5.91. The molecule has 1 fully saturated rings. The molecule has 2 aromatic carbocycles. The molecule has 4 atom stereocenters. The molecular weight excluding hydrogens is 684 g/mol. The van der Waals surface area contributed by atoms with Crippen LogP contribution in [0.5, 0.6) is 23.0 Å². The quantitative estimate of drug-likeness (QED) is 0.0599. The molecule has 0 amide bonds. The van der Waals surface area contributed by atoms with Crippen molar-refractivity contribution in [2.75, 3.05) is 0 Å². The first kappa shape index (κ1) is 38.9. The highest BCUT2D eigenvalue weighted by atomic mass is 16.6. The topological polar surface area (TPSA) is 298 Å². The molecule has 0 aliphatic heterocycles. The molecule has 0 aromatic heterocycles. The van der Waals surface area contributed by atoms with Crippen LogP contribution in [0.2, 0.25) is 0 Å². The fourth-order valence-corrected chi connectivity index (χ4v) is 4.76. The number of ether oxygens (including phenoxy) is 4. The summed E-state index contributed by atoms with van der Waals surface area (Å²) in [6, 6.07) is 6.99. The highest BCUT2D eigenvalue weighted by Crippen LogP contribution is 2.38. The van der Waals surface area contributed by atoms with Crippen LogP contribution in [-0.4, -0.2) is 101 Å². The number of hydrogen-bond donors (Lipinski definition) is 7. The van der Waals surface area contributed by atoms with E-state index >= 15 is 0 Å². The molecular formula is C33H32O18. The Morgan fingerprint density at radius 2 is 1.06 bits per heavy atom. The number of phenolic OH excluding ortho intramolecular Hbond substituents is 4. The van der Waals surface area contributed by atoms with Crippen LogP contribution < -0.4 is 0 Å². The second kappa shape index (κ2) is 17.2. The Morgan fingerprint density at radius 3 is 1.51 bits per heavy atom. The minimum atomic E-state index is -2.66. The van der Waals surface area contributed by atoms with Crippen molar-refractivity contribution >= 4 is 53.9 Å². The SMILES string of the molecule is O=C(O)CCC(=O)O[C@H]1[C@H](OC(=O)/C=C/c2ccc(O)c(O)c2)C[C@](OC(=O)/C=C/c2ccc(O)c(O)c2)(C(=O)O)C[C@H]1OC(=O)CCC(=O)O. The van der Waals surface area contributed by atoms with Crippen LogP contribution in [0.3, 0.4) is 0 Å². The lowest BCUT2D eigenvalue weighted by Crippen LogP contribution is -2.60. The number of rotatable bonds is 15. The summed E-state index contributed by atoms with van der Waals surface area (Å²) in [7, 11) is 0. The van der Waals surface area contributed by atoms with Crippen molar-refractivity contribution in [3.8, 4) is 23.0 Å². The Morgan fingerprint density at radius 1 is 0.608 bits per heavy atom. The van der Waals surface area contributed by atoms with Gasteiger partial charge in [0.1, 0.15) is 12.2 Å². The van der Waals surface area contributed by atoms with Crippen LogP contribution in [0.15, 0.2) is 48.6 Å². The first-order chi connectivity index (χ1) is 24.0. The fourth-order valence-electron chi connectivity index (χ4n) is 4.76. The van der Waals surface area contributed by atoms with Gasteiger partial charge in [-0.2, -0.15) is 0 Å². The molecule has 7 N–H and O–H groups in total. The molecule has 0 bridgehead atoms. The second-order valence-electron chi connectivity index (χ2n) is 11.0. The number of benzene rings is 2. The molecule has 0 heterocycles. The summed E-state index contributed by atoms with van der Waals surface area (Å²) in [6.45, 7) is 0. The van der Waals surface area contributed by atoms with Crippen molar-refractivity contribution in [1.82, 2.24) is 0 Å². The number of carboxylic acids is 3. The summed E-state index contributed by atoms with van der Waals surface area (Å²) in [5.74, 6) is -11.5. The van der Waals surface area contributed by atoms with Crippen molar-refractivity contribution in [1.29, 1.82) is 0 Å². The molecule has 18 nitrogen and oxygen atoms in total. The van der Waals surface area contributed by atoms with E-state index in [0.717, 1.165) is 48.6 Å². The van der Waals surface area contributed by atoms with Crippen molar-refractivity contribution in [3.05, 3.63) is 59.7 Å². The summed E-state index contributed by atoms with van der Waals surface area (Å²) < 4.78 is 21.4. The molecule has 18 heteroatoms. The van der Waals surface area contributed by atoms with E-state index in [4.69, 9.17) is 29.2 Å². The molecule has 2 aromatic rings. The number of esters is 4. The zero-order chi connectivity index (χ0) is 37.9. The van der Waals surface area contributed by atoms with Gasteiger partial charge in [0.2, 0.25) is 5.60 Å². The lowest BCUT2D eigenvalue weighted by Gasteiger charge is -2.43. The Labute approximate surface area is 287 Å². The Bertz CT molecular complexity index is 1740. The third kappa shape index (κ3) is 11.5. The zero-order valence-corrected chi connectivity index (χ0v) is 26.4. The van der Waals surface area contributed by atoms with Crippen molar-refractivity contribution < 1.29 is 88.3 Å². The number of aliphatic carboxylic acids is 3. The number of hydrogen-bond acceptors (Lipinski definition) is 15. The van der Waals surface area contributed by atoms with E-state index in [-0.39, 0.29) is 11.1 Å². The molecule has 0 saturated heterocycles. The van der Waals surface area contributed by atoms with Gasteiger partial charge < -0.3 is 54.7 Å². The van der Waals surface area contributed by atoms with E-state index in [0.29, 0.717) is 0 Å². The summed E-state index contributed by atoms with van der Waals surface area (Å²) >= 11 is 0. The van der Waals surface area contributed by atoms with E-state index < -0.39 is 127 Å². The summed E-state index contributed by atoms with van der Waals surface area (Å²) in [6.07, 6.45) is -6.48. The van der Waals surface area contributed by atoms with Crippen molar-refractivity contribution in [3.63, 3.8) is 0 Å². The molecule has 1 aliphatic carbocycles. The first-order valence-corrected chi connectivity index (χ1v) is 14.9. The van der Waals surface area contributed by atoms with E-state index in [2.05, 4.69) is 0 Å². The molecule has 0 radical (unpaired) electrons. The molecule has 272 valence electrons. The predicted octanol–water partition coefficient (Wildman–Crippen LogP) is 1.86. The van der Waals surface area contributed by atoms with Crippen LogP contribution in [0.25, 0.3) is 12.2 Å². The van der Waals surface area contributed by atoms with Gasteiger partial charge in [-0.05, 0) is 47.5 Å². The van der Waals surface area contributed by atoms with Gasteiger partial charge in [-0.3, -0.25) is 19.2 Å². The summed E-state index contributed by atoms with van der Waals surface area (Å²) in [4.78, 5) is 86.1. The third-order valence-corrected chi connectivity index (χ3v) is 7.21. The van der Waals surface area contributed by atoms with Crippen LogP contribution >= 0.6 is 0 Å². The monoisotopic (exact) mass is 716 g/mol. The minimum absolute atomic E-state index is 0.175. The number of carboxylic acid groups (broad SMARTS) is 3. The number of carbonyl (C=O) groups excluding carboxylic acids is 4. The summed E-state index contributed by atoms with van der Waals surface area (Å²) in [5.41, 5.74) is -2.29. The molecule has 3 rings (SSSR count). The van der Waals surface area contributed by atoms with E-state index in [9.17, 15) is 59.1 Å². The number of carbonyl (C=O) groups is 7. The maximum absolute atomic E-state index is 13.0. The first-order valence-electron chi connectivity index (χ1n) is 14.9. The molecule has 1 saturated carbocycles. The predicted molar refractivity (Wildman–Crippen MR) is 167 cm³/mol. The van der Waals surface area contributed by atoms with Gasteiger partial charge in [0.25, 0.3) is 0 Å². The van der Waals surface area contributed by atoms with Gasteiger partial charge in [0, 0.05) is 25.0 Å². The van der Waals surface area contributed by atoms with Gasteiger partial charge in [0.15, 0.2) is 29.1 Å². The molecule has 51 heavy (non-hydrogen) atoms. The van der Waals surface area contributed by atoms with Gasteiger partial charge in [-0.25, -0.2) is 14.4 Å². The van der Waals surface area contributed by atoms with Crippen LogP contribution in [-0.2, 0) is 52.5 Å². The van der Waals surface area contributed by atoms with Gasteiger partial charge in [-0.15, -0.1) is 0 Å².